The third kappa shape index (κ3) is 3.06. The van der Waals surface area contributed by atoms with Gasteiger partial charge in [-0.25, -0.2) is 9.97 Å². The van der Waals surface area contributed by atoms with Crippen LogP contribution in [0.4, 0.5) is 5.95 Å². The average Bonchev–Trinajstić information content (AvgIpc) is 2.83. The van der Waals surface area contributed by atoms with Crippen LogP contribution in [0.5, 0.6) is 0 Å². The molecule has 19 heavy (non-hydrogen) atoms. The van der Waals surface area contributed by atoms with Crippen molar-refractivity contribution in [2.45, 2.75) is 45.1 Å². The topological polar surface area (TPSA) is 32.3 Å². The van der Waals surface area contributed by atoms with Crippen molar-refractivity contribution < 1.29 is 0 Å². The molecule has 0 aliphatic carbocycles. The third-order valence-corrected chi connectivity index (χ3v) is 4.42. The molecule has 104 valence electrons. The lowest BCUT2D eigenvalue weighted by Crippen LogP contribution is -2.34. The summed E-state index contributed by atoms with van der Waals surface area (Å²) >= 11 is 0. The summed E-state index contributed by atoms with van der Waals surface area (Å²) in [6.45, 7) is 6.87. The molecule has 1 atom stereocenters. The number of hydrogen-bond donors (Lipinski definition) is 0. The molecule has 0 amide bonds. The Balaban J connectivity index is 1.63. The Morgan fingerprint density at radius 2 is 1.89 bits per heavy atom. The first kappa shape index (κ1) is 12.9. The molecule has 3 rings (SSSR count). The lowest BCUT2D eigenvalue weighted by Gasteiger charge is -2.26. The fraction of sp³-hybridized carbons (Fsp3) is 0.733. The molecule has 1 aromatic rings. The van der Waals surface area contributed by atoms with E-state index in [0.717, 1.165) is 30.8 Å². The molecule has 1 aromatic heterocycles. The fourth-order valence-electron chi connectivity index (χ4n) is 3.34. The summed E-state index contributed by atoms with van der Waals surface area (Å²) in [4.78, 5) is 14.1. The van der Waals surface area contributed by atoms with Crippen molar-refractivity contribution in [2.24, 2.45) is 0 Å². The second kappa shape index (κ2) is 5.87. The SMILES string of the molecule is Cc1ccnc(N2CCCC(N3CCCC3)CC2)n1. The van der Waals surface area contributed by atoms with Crippen molar-refractivity contribution in [1.82, 2.24) is 14.9 Å². The van der Waals surface area contributed by atoms with E-state index in [2.05, 4.69) is 19.8 Å². The van der Waals surface area contributed by atoms with Gasteiger partial charge in [-0.15, -0.1) is 0 Å². The predicted octanol–water partition coefficient (Wildman–Crippen LogP) is 2.24. The van der Waals surface area contributed by atoms with Crippen LogP contribution < -0.4 is 4.90 Å². The molecule has 2 aliphatic heterocycles. The number of nitrogens with zero attached hydrogens (tertiary/aromatic N) is 4. The highest BCUT2D eigenvalue weighted by atomic mass is 15.3. The van der Waals surface area contributed by atoms with Crippen molar-refractivity contribution in [1.29, 1.82) is 0 Å². The lowest BCUT2D eigenvalue weighted by molar-refractivity contribution is 0.225. The van der Waals surface area contributed by atoms with E-state index < -0.39 is 0 Å². The molecule has 4 heteroatoms. The highest BCUT2D eigenvalue weighted by molar-refractivity contribution is 5.30. The Labute approximate surface area is 115 Å². The van der Waals surface area contributed by atoms with Gasteiger partial charge in [0.25, 0.3) is 0 Å². The average molecular weight is 260 g/mol. The summed E-state index contributed by atoms with van der Waals surface area (Å²) in [5, 5.41) is 0. The highest BCUT2D eigenvalue weighted by Crippen LogP contribution is 2.22. The summed E-state index contributed by atoms with van der Waals surface area (Å²) in [6, 6.07) is 2.76. The van der Waals surface area contributed by atoms with Crippen LogP contribution in [0.15, 0.2) is 12.3 Å². The van der Waals surface area contributed by atoms with Gasteiger partial charge in [0, 0.05) is 31.0 Å². The van der Waals surface area contributed by atoms with Gasteiger partial charge in [-0.3, -0.25) is 0 Å². The normalized spacial score (nSPS) is 25.5. The smallest absolute Gasteiger partial charge is 0.225 e. The standard InChI is InChI=1S/C15H24N4/c1-13-6-8-16-15(17-13)19-11-4-5-14(7-12-19)18-9-2-3-10-18/h6,8,14H,2-5,7,9-12H2,1H3. The Morgan fingerprint density at radius 1 is 1.05 bits per heavy atom. The maximum Gasteiger partial charge on any atom is 0.225 e. The maximum atomic E-state index is 4.56. The van der Waals surface area contributed by atoms with Crippen molar-refractivity contribution in [3.63, 3.8) is 0 Å². The largest absolute Gasteiger partial charge is 0.341 e. The van der Waals surface area contributed by atoms with Gasteiger partial charge in [0.1, 0.15) is 0 Å². The van der Waals surface area contributed by atoms with Crippen molar-refractivity contribution in [3.05, 3.63) is 18.0 Å². The second-order valence-electron chi connectivity index (χ2n) is 5.81. The molecular formula is C15H24N4. The van der Waals surface area contributed by atoms with Gasteiger partial charge in [0.2, 0.25) is 5.95 Å². The molecule has 2 aliphatic rings. The zero-order valence-electron chi connectivity index (χ0n) is 11.9. The maximum absolute atomic E-state index is 4.56. The van der Waals surface area contributed by atoms with Crippen LogP contribution in [0.2, 0.25) is 0 Å². The van der Waals surface area contributed by atoms with E-state index >= 15 is 0 Å². The summed E-state index contributed by atoms with van der Waals surface area (Å²) in [5.74, 6) is 0.919. The fourth-order valence-corrected chi connectivity index (χ4v) is 3.34. The van der Waals surface area contributed by atoms with Gasteiger partial charge in [0.05, 0.1) is 0 Å². The third-order valence-electron chi connectivity index (χ3n) is 4.42. The van der Waals surface area contributed by atoms with Gasteiger partial charge in [0.15, 0.2) is 0 Å². The zero-order valence-corrected chi connectivity index (χ0v) is 11.9. The molecule has 1 unspecified atom stereocenters. The Kier molecular flexibility index (Phi) is 3.97. The second-order valence-corrected chi connectivity index (χ2v) is 5.81. The van der Waals surface area contributed by atoms with Crippen molar-refractivity contribution in [2.75, 3.05) is 31.1 Å². The van der Waals surface area contributed by atoms with E-state index in [1.807, 2.05) is 19.2 Å². The van der Waals surface area contributed by atoms with E-state index in [0.29, 0.717) is 0 Å². The molecular weight excluding hydrogens is 236 g/mol. The van der Waals surface area contributed by atoms with Gasteiger partial charge in [-0.1, -0.05) is 0 Å². The van der Waals surface area contributed by atoms with Crippen molar-refractivity contribution in [3.8, 4) is 0 Å². The number of hydrogen-bond acceptors (Lipinski definition) is 4. The summed E-state index contributed by atoms with van der Waals surface area (Å²) in [6.07, 6.45) is 8.51. The van der Waals surface area contributed by atoms with Crippen LogP contribution in [0.25, 0.3) is 0 Å². The first-order valence-electron chi connectivity index (χ1n) is 7.61. The monoisotopic (exact) mass is 260 g/mol. The minimum atomic E-state index is 0.789. The van der Waals surface area contributed by atoms with Crippen LogP contribution in [-0.2, 0) is 0 Å². The number of likely N-dealkylation sites (tertiary alicyclic amines) is 1. The first-order valence-corrected chi connectivity index (χ1v) is 7.61. The van der Waals surface area contributed by atoms with Gasteiger partial charge in [-0.05, 0) is 58.2 Å². The number of aryl methyl sites for hydroxylation is 1. The summed E-state index contributed by atoms with van der Waals surface area (Å²) < 4.78 is 0. The van der Waals surface area contributed by atoms with Gasteiger partial charge in [-0.2, -0.15) is 0 Å². The quantitative estimate of drug-likeness (QED) is 0.816. The Bertz CT molecular complexity index is 414. The molecule has 0 saturated carbocycles. The van der Waals surface area contributed by atoms with Crippen LogP contribution in [0.1, 0.15) is 37.8 Å². The summed E-state index contributed by atoms with van der Waals surface area (Å²) in [5.41, 5.74) is 1.06. The van der Waals surface area contributed by atoms with Gasteiger partial charge >= 0.3 is 0 Å². The number of anilines is 1. The molecule has 3 heterocycles. The molecule has 2 saturated heterocycles. The lowest BCUT2D eigenvalue weighted by atomic mass is 10.1. The molecule has 0 bridgehead atoms. The van der Waals surface area contributed by atoms with Crippen LogP contribution >= 0.6 is 0 Å². The molecule has 2 fully saturated rings. The van der Waals surface area contributed by atoms with E-state index in [9.17, 15) is 0 Å². The minimum absolute atomic E-state index is 0.789. The van der Waals surface area contributed by atoms with E-state index in [-0.39, 0.29) is 0 Å². The number of rotatable bonds is 2. The van der Waals surface area contributed by atoms with E-state index in [4.69, 9.17) is 0 Å². The Hall–Kier alpha value is -1.16. The molecule has 0 aromatic carbocycles. The Morgan fingerprint density at radius 3 is 2.68 bits per heavy atom. The van der Waals surface area contributed by atoms with E-state index in [1.54, 1.807) is 0 Å². The first-order chi connectivity index (χ1) is 9.33. The highest BCUT2D eigenvalue weighted by Gasteiger charge is 2.25. The van der Waals surface area contributed by atoms with E-state index in [1.165, 1.54) is 45.2 Å². The molecule has 0 N–H and O–H groups in total. The summed E-state index contributed by atoms with van der Waals surface area (Å²) in [7, 11) is 0. The molecule has 4 nitrogen and oxygen atoms in total. The van der Waals surface area contributed by atoms with Crippen LogP contribution in [-0.4, -0.2) is 47.1 Å². The molecule has 0 radical (unpaired) electrons. The molecule has 0 spiro atoms. The van der Waals surface area contributed by atoms with Crippen molar-refractivity contribution >= 4 is 5.95 Å². The zero-order chi connectivity index (χ0) is 13.1. The van der Waals surface area contributed by atoms with Crippen LogP contribution in [0, 0.1) is 6.92 Å². The van der Waals surface area contributed by atoms with Crippen LogP contribution in [0.3, 0.4) is 0 Å². The van der Waals surface area contributed by atoms with Gasteiger partial charge < -0.3 is 9.80 Å². The predicted molar refractivity (Wildman–Crippen MR) is 77.4 cm³/mol. The minimum Gasteiger partial charge on any atom is -0.341 e. The number of aromatic nitrogens is 2.